The molecule has 0 aliphatic carbocycles. The van der Waals surface area contributed by atoms with Gasteiger partial charge in [-0.15, -0.1) is 0 Å². The maximum atomic E-state index is 12.0. The van der Waals surface area contributed by atoms with Crippen LogP contribution in [0, 0.1) is 0 Å². The summed E-state index contributed by atoms with van der Waals surface area (Å²) in [6, 6.07) is 4.12. The highest BCUT2D eigenvalue weighted by molar-refractivity contribution is 7.92. The van der Waals surface area contributed by atoms with Crippen molar-refractivity contribution in [2.24, 2.45) is 0 Å². The zero-order valence-electron chi connectivity index (χ0n) is 7.41. The Kier molecular flexibility index (Phi) is 3.65. The lowest BCUT2D eigenvalue weighted by molar-refractivity contribution is 0.108. The third kappa shape index (κ3) is 3.17. The molecule has 1 aromatic carbocycles. The normalized spacial score (nSPS) is 11.1. The molecule has 7 heteroatoms. The van der Waals surface area contributed by atoms with Gasteiger partial charge in [0.05, 0.1) is 11.3 Å². The molecule has 0 spiro atoms. The zero-order chi connectivity index (χ0) is 11.5. The molecule has 82 valence electrons. The van der Waals surface area contributed by atoms with Crippen molar-refractivity contribution in [3.05, 3.63) is 29.8 Å². The fourth-order valence-corrected chi connectivity index (χ4v) is 1.67. The molecule has 0 atom stereocenters. The van der Waals surface area contributed by atoms with Gasteiger partial charge >= 0.3 is 0 Å². The smallest absolute Gasteiger partial charge is 0.262 e. The van der Waals surface area contributed by atoms with Gasteiger partial charge in [-0.3, -0.25) is 9.52 Å². The van der Waals surface area contributed by atoms with E-state index in [4.69, 9.17) is 11.6 Å². The average Bonchev–Trinajstić information content (AvgIpc) is 2.18. The molecule has 0 saturated heterocycles. The van der Waals surface area contributed by atoms with Gasteiger partial charge < -0.3 is 0 Å². The summed E-state index contributed by atoms with van der Waals surface area (Å²) in [6.07, 6.45) is 0. The van der Waals surface area contributed by atoms with Gasteiger partial charge in [0.15, 0.2) is 0 Å². The third-order valence-corrected chi connectivity index (χ3v) is 2.57. The van der Waals surface area contributed by atoms with E-state index < -0.39 is 21.3 Å². The molecule has 0 aliphatic heterocycles. The molecule has 0 unspecified atom stereocenters. The molecule has 4 nitrogen and oxygen atoms in total. The summed E-state index contributed by atoms with van der Waals surface area (Å²) in [5.41, 5.74) is -0.0497. The van der Waals surface area contributed by atoms with Gasteiger partial charge in [0.25, 0.3) is 15.3 Å². The number of para-hydroxylation sites is 1. The molecule has 0 amide bonds. The first-order valence-electron chi connectivity index (χ1n) is 3.81. The van der Waals surface area contributed by atoms with Crippen molar-refractivity contribution in [2.45, 2.75) is 0 Å². The molecule has 0 aromatic heterocycles. The van der Waals surface area contributed by atoms with Gasteiger partial charge in [-0.2, -0.15) is 0 Å². The van der Waals surface area contributed by atoms with Crippen molar-refractivity contribution >= 4 is 32.6 Å². The van der Waals surface area contributed by atoms with Crippen molar-refractivity contribution in [3.8, 4) is 0 Å². The van der Waals surface area contributed by atoms with Gasteiger partial charge in [0.1, 0.15) is 0 Å². The highest BCUT2D eigenvalue weighted by atomic mass is 35.5. The number of alkyl halides is 1. The van der Waals surface area contributed by atoms with Crippen molar-refractivity contribution in [1.29, 1.82) is 0 Å². The van der Waals surface area contributed by atoms with Crippen molar-refractivity contribution in [3.63, 3.8) is 0 Å². The number of halogens is 2. The Hall–Kier alpha value is -1.14. The second-order valence-corrected chi connectivity index (χ2v) is 4.64. The number of rotatable bonds is 4. The average molecular weight is 252 g/mol. The van der Waals surface area contributed by atoms with E-state index >= 15 is 0 Å². The number of sulfonamides is 1. The van der Waals surface area contributed by atoms with E-state index in [9.17, 15) is 17.6 Å². The summed E-state index contributed by atoms with van der Waals surface area (Å²) in [7, 11) is -4.06. The van der Waals surface area contributed by atoms with Gasteiger partial charge in [-0.05, 0) is 23.7 Å². The molecule has 0 fully saturated rings. The fraction of sp³-hybridized carbons (Fsp3) is 0.125. The predicted molar refractivity (Wildman–Crippen MR) is 55.1 cm³/mol. The molecule has 0 radical (unpaired) electrons. The molecule has 1 N–H and O–H groups in total. The second-order valence-electron chi connectivity index (χ2n) is 2.65. The summed E-state index contributed by atoms with van der Waals surface area (Å²) in [5.74, 6) is 0. The summed E-state index contributed by atoms with van der Waals surface area (Å²) >= 11 is 5.21. The van der Waals surface area contributed by atoms with Crippen LogP contribution >= 0.6 is 11.6 Å². The van der Waals surface area contributed by atoms with Crippen molar-refractivity contribution in [1.82, 2.24) is 0 Å². The quantitative estimate of drug-likeness (QED) is 0.829. The fourth-order valence-electron chi connectivity index (χ4n) is 0.938. The van der Waals surface area contributed by atoms with Gasteiger partial charge in [0.2, 0.25) is 6.01 Å². The van der Waals surface area contributed by atoms with Crippen molar-refractivity contribution < 1.29 is 17.6 Å². The van der Waals surface area contributed by atoms with E-state index in [0.29, 0.717) is 0 Å². The number of benzene rings is 1. The SMILES string of the molecule is O=C(Cl)c1ccccc1NS(=O)(=O)CF. The molecular formula is C8H7ClFNO3S. The minimum absolute atomic E-state index is 0.0174. The molecule has 0 aliphatic rings. The lowest BCUT2D eigenvalue weighted by atomic mass is 10.2. The Morgan fingerprint density at radius 3 is 2.53 bits per heavy atom. The first-order valence-corrected chi connectivity index (χ1v) is 5.84. The molecule has 0 heterocycles. The first-order chi connectivity index (χ1) is 6.96. The summed E-state index contributed by atoms with van der Waals surface area (Å²) in [4.78, 5) is 10.9. The van der Waals surface area contributed by atoms with E-state index in [1.165, 1.54) is 24.3 Å². The minimum Gasteiger partial charge on any atom is -0.281 e. The van der Waals surface area contributed by atoms with E-state index in [1.54, 1.807) is 0 Å². The van der Waals surface area contributed by atoms with Crippen LogP contribution in [0.15, 0.2) is 24.3 Å². The second kappa shape index (κ2) is 4.59. The van der Waals surface area contributed by atoms with Crippen LogP contribution in [0.25, 0.3) is 0 Å². The Morgan fingerprint density at radius 1 is 1.40 bits per heavy atom. The summed E-state index contributed by atoms with van der Waals surface area (Å²) < 4.78 is 35.7. The monoisotopic (exact) mass is 251 g/mol. The van der Waals surface area contributed by atoms with Gasteiger partial charge in [-0.25, -0.2) is 12.8 Å². The molecule has 0 bridgehead atoms. The van der Waals surface area contributed by atoms with Crippen LogP contribution in [-0.2, 0) is 10.0 Å². The number of carbonyl (C=O) groups is 1. The molecule has 1 rings (SSSR count). The highest BCUT2D eigenvalue weighted by Gasteiger charge is 2.14. The standard InChI is InChI=1S/C8H7ClFNO3S/c9-8(12)6-3-1-2-4-7(6)11-15(13,14)5-10/h1-4,11H,5H2. The first kappa shape index (κ1) is 11.9. The largest absolute Gasteiger partial charge is 0.281 e. The Balaban J connectivity index is 3.10. The minimum atomic E-state index is -4.06. The van der Waals surface area contributed by atoms with E-state index in [-0.39, 0.29) is 11.3 Å². The van der Waals surface area contributed by atoms with E-state index in [1.807, 2.05) is 4.72 Å². The topological polar surface area (TPSA) is 63.2 Å². The predicted octanol–water partition coefficient (Wildman–Crippen LogP) is 1.73. The van der Waals surface area contributed by atoms with Crippen LogP contribution in [0.3, 0.4) is 0 Å². The van der Waals surface area contributed by atoms with E-state index in [2.05, 4.69) is 0 Å². The van der Waals surface area contributed by atoms with Gasteiger partial charge in [-0.1, -0.05) is 12.1 Å². The van der Waals surface area contributed by atoms with Crippen molar-refractivity contribution in [2.75, 3.05) is 10.7 Å². The third-order valence-electron chi connectivity index (χ3n) is 1.55. The highest BCUT2D eigenvalue weighted by Crippen LogP contribution is 2.18. The molecular weight excluding hydrogens is 245 g/mol. The number of nitrogens with one attached hydrogen (secondary N) is 1. The number of anilines is 1. The number of carbonyl (C=O) groups excluding carboxylic acids is 1. The Bertz CT molecular complexity index is 475. The number of hydrogen-bond acceptors (Lipinski definition) is 3. The summed E-state index contributed by atoms with van der Waals surface area (Å²) in [6.45, 7) is 0. The van der Waals surface area contributed by atoms with Crippen LogP contribution in [0.2, 0.25) is 0 Å². The van der Waals surface area contributed by atoms with Gasteiger partial charge in [0, 0.05) is 0 Å². The Morgan fingerprint density at radius 2 is 2.00 bits per heavy atom. The number of hydrogen-bond donors (Lipinski definition) is 1. The lowest BCUT2D eigenvalue weighted by Gasteiger charge is -2.07. The molecule has 1 aromatic rings. The maximum absolute atomic E-state index is 12.0. The summed E-state index contributed by atoms with van der Waals surface area (Å²) in [5, 5.41) is -0.813. The van der Waals surface area contributed by atoms with Crippen LogP contribution in [0.1, 0.15) is 10.4 Å². The van der Waals surface area contributed by atoms with E-state index in [0.717, 1.165) is 0 Å². The van der Waals surface area contributed by atoms with Crippen LogP contribution < -0.4 is 4.72 Å². The zero-order valence-corrected chi connectivity index (χ0v) is 8.98. The molecule has 15 heavy (non-hydrogen) atoms. The van der Waals surface area contributed by atoms with Crippen LogP contribution in [0.5, 0.6) is 0 Å². The Labute approximate surface area is 91.1 Å². The maximum Gasteiger partial charge on any atom is 0.262 e. The van der Waals surface area contributed by atoms with Crippen LogP contribution in [-0.4, -0.2) is 19.7 Å². The molecule has 0 saturated carbocycles. The van der Waals surface area contributed by atoms with Crippen LogP contribution in [0.4, 0.5) is 10.1 Å². The lowest BCUT2D eigenvalue weighted by Crippen LogP contribution is -2.15.